The average molecular weight is 354 g/mol. The third-order valence-electron chi connectivity index (χ3n) is 3.46. The molecule has 2 aromatic rings. The van der Waals surface area contributed by atoms with Crippen LogP contribution in [-0.2, 0) is 0 Å². The first-order valence-corrected chi connectivity index (χ1v) is 7.78. The molecule has 20 heavy (non-hydrogen) atoms. The zero-order valence-electron chi connectivity index (χ0n) is 12.1. The Balaban J connectivity index is 2.46. The molecular weight excluding hydrogens is 336 g/mol. The van der Waals surface area contributed by atoms with Crippen molar-refractivity contribution in [2.75, 3.05) is 7.11 Å². The third-order valence-corrected chi connectivity index (χ3v) is 4.74. The summed E-state index contributed by atoms with van der Waals surface area (Å²) >= 11 is 10.0. The van der Waals surface area contributed by atoms with Crippen LogP contribution in [0.5, 0.6) is 5.75 Å². The highest BCUT2D eigenvalue weighted by atomic mass is 79.9. The molecule has 2 rings (SSSR count). The second-order valence-corrected chi connectivity index (χ2v) is 6.39. The molecule has 106 valence electrons. The number of aryl methyl sites for hydroxylation is 3. The maximum atomic E-state index is 6.22. The maximum absolute atomic E-state index is 6.22. The van der Waals surface area contributed by atoms with Gasteiger partial charge in [0.25, 0.3) is 0 Å². The van der Waals surface area contributed by atoms with E-state index in [1.54, 1.807) is 7.11 Å². The first kappa shape index (κ1) is 15.4. The monoisotopic (exact) mass is 352 g/mol. The van der Waals surface area contributed by atoms with Crippen LogP contribution in [0.25, 0.3) is 0 Å². The summed E-state index contributed by atoms with van der Waals surface area (Å²) in [6.45, 7) is 6.42. The summed E-state index contributed by atoms with van der Waals surface area (Å²) in [7, 11) is 1.63. The van der Waals surface area contributed by atoms with Gasteiger partial charge in [0.1, 0.15) is 5.75 Å². The normalized spacial score (nSPS) is 12.3. The van der Waals surface area contributed by atoms with E-state index >= 15 is 0 Å². The molecule has 0 fully saturated rings. The summed E-state index contributed by atoms with van der Waals surface area (Å²) in [5.74, 6) is 0.701. The van der Waals surface area contributed by atoms with Gasteiger partial charge >= 0.3 is 0 Å². The van der Waals surface area contributed by atoms with Crippen molar-refractivity contribution in [2.24, 2.45) is 0 Å². The van der Waals surface area contributed by atoms with Crippen molar-refractivity contribution in [3.8, 4) is 5.75 Å². The van der Waals surface area contributed by atoms with Gasteiger partial charge in [0.15, 0.2) is 0 Å². The van der Waals surface area contributed by atoms with Crippen molar-refractivity contribution in [2.45, 2.75) is 25.6 Å². The number of hydrogen-bond acceptors (Lipinski definition) is 1. The number of rotatable bonds is 3. The summed E-state index contributed by atoms with van der Waals surface area (Å²) in [4.78, 5) is 0.131. The number of hydrogen-bond donors (Lipinski definition) is 0. The molecule has 1 atom stereocenters. The highest BCUT2D eigenvalue weighted by Crippen LogP contribution is 2.38. The molecular formula is C17H18BrClO. The fraction of sp³-hybridized carbons (Fsp3) is 0.294. The molecule has 0 aliphatic rings. The van der Waals surface area contributed by atoms with Gasteiger partial charge in [-0.15, -0.1) is 0 Å². The van der Waals surface area contributed by atoms with Gasteiger partial charge in [-0.1, -0.05) is 51.3 Å². The highest BCUT2D eigenvalue weighted by molar-refractivity contribution is 9.09. The van der Waals surface area contributed by atoms with E-state index in [9.17, 15) is 0 Å². The van der Waals surface area contributed by atoms with Gasteiger partial charge in [0.2, 0.25) is 0 Å². The van der Waals surface area contributed by atoms with Crippen LogP contribution in [0.1, 0.15) is 32.6 Å². The first-order chi connectivity index (χ1) is 9.43. The van der Waals surface area contributed by atoms with Gasteiger partial charge in [-0.05, 0) is 55.2 Å². The van der Waals surface area contributed by atoms with Crippen molar-refractivity contribution >= 4 is 27.5 Å². The molecule has 0 amide bonds. The van der Waals surface area contributed by atoms with Crippen LogP contribution in [0, 0.1) is 20.8 Å². The van der Waals surface area contributed by atoms with Gasteiger partial charge in [-0.25, -0.2) is 0 Å². The van der Waals surface area contributed by atoms with Crippen molar-refractivity contribution in [3.63, 3.8) is 0 Å². The molecule has 1 unspecified atom stereocenters. The van der Waals surface area contributed by atoms with Crippen LogP contribution in [0.4, 0.5) is 0 Å². The SMILES string of the molecule is COc1ccc(C(Br)c2c(C)cc(C)cc2C)cc1Cl. The van der Waals surface area contributed by atoms with E-state index in [1.807, 2.05) is 18.2 Å². The predicted molar refractivity (Wildman–Crippen MR) is 89.4 cm³/mol. The highest BCUT2D eigenvalue weighted by Gasteiger charge is 2.17. The van der Waals surface area contributed by atoms with Gasteiger partial charge < -0.3 is 4.74 Å². The predicted octanol–water partition coefficient (Wildman–Crippen LogP) is 5.76. The van der Waals surface area contributed by atoms with Gasteiger partial charge in [0, 0.05) is 0 Å². The standard InChI is InChI=1S/C17H18BrClO/c1-10-7-11(2)16(12(3)8-10)17(18)13-5-6-15(20-4)14(19)9-13/h5-9,17H,1-4H3. The lowest BCUT2D eigenvalue weighted by atomic mass is 9.94. The quantitative estimate of drug-likeness (QED) is 0.638. The van der Waals surface area contributed by atoms with Crippen LogP contribution in [0.2, 0.25) is 5.02 Å². The summed E-state index contributed by atoms with van der Waals surface area (Å²) in [6.07, 6.45) is 0. The zero-order chi connectivity index (χ0) is 14.9. The summed E-state index contributed by atoms with van der Waals surface area (Å²) in [5, 5.41) is 0.636. The molecule has 2 aromatic carbocycles. The van der Waals surface area contributed by atoms with E-state index in [0.29, 0.717) is 10.8 Å². The number of alkyl halides is 1. The third kappa shape index (κ3) is 3.02. The molecule has 0 bridgehead atoms. The molecule has 0 aromatic heterocycles. The summed E-state index contributed by atoms with van der Waals surface area (Å²) < 4.78 is 5.20. The lowest BCUT2D eigenvalue weighted by molar-refractivity contribution is 0.415. The van der Waals surface area contributed by atoms with Crippen LogP contribution in [0.3, 0.4) is 0 Å². The summed E-state index contributed by atoms with van der Waals surface area (Å²) in [6, 6.07) is 10.3. The van der Waals surface area contributed by atoms with E-state index in [2.05, 4.69) is 48.8 Å². The van der Waals surface area contributed by atoms with E-state index < -0.39 is 0 Å². The Labute approximate surface area is 134 Å². The maximum Gasteiger partial charge on any atom is 0.137 e. The number of benzene rings is 2. The second kappa shape index (κ2) is 6.19. The van der Waals surface area contributed by atoms with Crippen LogP contribution < -0.4 is 4.74 Å². The van der Waals surface area contributed by atoms with Crippen molar-refractivity contribution in [1.82, 2.24) is 0 Å². The fourth-order valence-electron chi connectivity index (χ4n) is 2.60. The molecule has 3 heteroatoms. The number of ether oxygens (including phenoxy) is 1. The van der Waals surface area contributed by atoms with Gasteiger partial charge in [-0.3, -0.25) is 0 Å². The minimum Gasteiger partial charge on any atom is -0.495 e. The summed E-state index contributed by atoms with van der Waals surface area (Å²) in [5.41, 5.74) is 6.30. The molecule has 0 radical (unpaired) electrons. The second-order valence-electron chi connectivity index (χ2n) is 5.07. The smallest absolute Gasteiger partial charge is 0.137 e. The largest absolute Gasteiger partial charge is 0.495 e. The lowest BCUT2D eigenvalue weighted by Crippen LogP contribution is -2.00. The average Bonchev–Trinajstić information content (AvgIpc) is 2.37. The molecule has 0 heterocycles. The minimum absolute atomic E-state index is 0.131. The van der Waals surface area contributed by atoms with Crippen LogP contribution >= 0.6 is 27.5 Å². The molecule has 0 saturated carbocycles. The Hall–Kier alpha value is -0.990. The molecule has 0 aliphatic heterocycles. The van der Waals surface area contributed by atoms with Crippen molar-refractivity contribution < 1.29 is 4.74 Å². The molecule has 0 N–H and O–H groups in total. The molecule has 0 aliphatic carbocycles. The Morgan fingerprint density at radius 2 is 1.65 bits per heavy atom. The van der Waals surface area contributed by atoms with Gasteiger partial charge in [0.05, 0.1) is 17.0 Å². The van der Waals surface area contributed by atoms with E-state index in [-0.39, 0.29) is 4.83 Å². The topological polar surface area (TPSA) is 9.23 Å². The van der Waals surface area contributed by atoms with Crippen LogP contribution in [0.15, 0.2) is 30.3 Å². The molecule has 1 nitrogen and oxygen atoms in total. The van der Waals surface area contributed by atoms with E-state index in [0.717, 1.165) is 5.56 Å². The fourth-order valence-corrected chi connectivity index (χ4v) is 3.87. The minimum atomic E-state index is 0.131. The Morgan fingerprint density at radius 1 is 1.05 bits per heavy atom. The van der Waals surface area contributed by atoms with Crippen molar-refractivity contribution in [3.05, 3.63) is 63.2 Å². The molecule has 0 spiro atoms. The van der Waals surface area contributed by atoms with E-state index in [1.165, 1.54) is 22.3 Å². The zero-order valence-corrected chi connectivity index (χ0v) is 14.5. The van der Waals surface area contributed by atoms with Crippen molar-refractivity contribution in [1.29, 1.82) is 0 Å². The first-order valence-electron chi connectivity index (χ1n) is 6.49. The molecule has 0 saturated heterocycles. The van der Waals surface area contributed by atoms with Gasteiger partial charge in [-0.2, -0.15) is 0 Å². The van der Waals surface area contributed by atoms with E-state index in [4.69, 9.17) is 16.3 Å². The Kier molecular flexibility index (Phi) is 4.77. The Morgan fingerprint density at radius 3 is 2.15 bits per heavy atom. The number of halogens is 2. The Bertz CT molecular complexity index is 614. The lowest BCUT2D eigenvalue weighted by Gasteiger charge is -2.18. The van der Waals surface area contributed by atoms with Crippen LogP contribution in [-0.4, -0.2) is 7.11 Å². The number of methoxy groups -OCH3 is 1.